The van der Waals surface area contributed by atoms with Crippen LogP contribution in [0.5, 0.6) is 0 Å². The first-order chi connectivity index (χ1) is 8.02. The van der Waals surface area contributed by atoms with Crippen molar-refractivity contribution in [3.63, 3.8) is 0 Å². The average Bonchev–Trinajstić information content (AvgIpc) is 2.72. The number of nitrogens with zero attached hydrogens (tertiary/aromatic N) is 1. The molecule has 5 heteroatoms. The Morgan fingerprint density at radius 2 is 2.18 bits per heavy atom. The fourth-order valence-electron chi connectivity index (χ4n) is 1.35. The van der Waals surface area contributed by atoms with E-state index in [9.17, 15) is 4.79 Å². The van der Waals surface area contributed by atoms with Gasteiger partial charge in [-0.1, -0.05) is 6.92 Å². The lowest BCUT2D eigenvalue weighted by Gasteiger charge is -2.15. The van der Waals surface area contributed by atoms with E-state index < -0.39 is 0 Å². The highest BCUT2D eigenvalue weighted by molar-refractivity contribution is 7.09. The predicted molar refractivity (Wildman–Crippen MR) is 71.1 cm³/mol. The smallest absolute Gasteiger partial charge is 0.237 e. The minimum absolute atomic E-state index is 0.0333. The van der Waals surface area contributed by atoms with Crippen LogP contribution >= 0.6 is 11.3 Å². The van der Waals surface area contributed by atoms with E-state index >= 15 is 0 Å². The topological polar surface area (TPSA) is 54.0 Å². The first kappa shape index (κ1) is 14.1. The van der Waals surface area contributed by atoms with E-state index in [1.807, 2.05) is 26.2 Å². The van der Waals surface area contributed by atoms with E-state index in [2.05, 4.69) is 22.5 Å². The van der Waals surface area contributed by atoms with Crippen molar-refractivity contribution in [1.82, 2.24) is 15.6 Å². The standard InChI is InChI=1S/C12H21N3OS/c1-5-11-15-10(7-17-11)6-13-9(4)12(16)14-8(2)3/h7-9,13H,5-6H2,1-4H3,(H,14,16). The van der Waals surface area contributed by atoms with Gasteiger partial charge in [0.2, 0.25) is 5.91 Å². The molecule has 1 rings (SSSR count). The van der Waals surface area contributed by atoms with E-state index in [0.29, 0.717) is 6.54 Å². The fraction of sp³-hybridized carbons (Fsp3) is 0.667. The second kappa shape index (κ2) is 6.71. The molecule has 96 valence electrons. The largest absolute Gasteiger partial charge is 0.353 e. The van der Waals surface area contributed by atoms with Crippen LogP contribution in [-0.4, -0.2) is 23.0 Å². The second-order valence-corrected chi connectivity index (χ2v) is 5.29. The van der Waals surface area contributed by atoms with E-state index in [-0.39, 0.29) is 18.0 Å². The van der Waals surface area contributed by atoms with Crippen LogP contribution in [-0.2, 0) is 17.8 Å². The molecule has 4 nitrogen and oxygen atoms in total. The molecule has 1 aromatic rings. The van der Waals surface area contributed by atoms with Gasteiger partial charge in [0.15, 0.2) is 0 Å². The van der Waals surface area contributed by atoms with Crippen molar-refractivity contribution in [2.24, 2.45) is 0 Å². The Morgan fingerprint density at radius 3 is 2.71 bits per heavy atom. The summed E-state index contributed by atoms with van der Waals surface area (Å²) in [7, 11) is 0. The third kappa shape index (κ3) is 4.83. The number of carbonyl (C=O) groups excluding carboxylic acids is 1. The first-order valence-electron chi connectivity index (χ1n) is 6.00. The number of aryl methyl sites for hydroxylation is 1. The summed E-state index contributed by atoms with van der Waals surface area (Å²) < 4.78 is 0. The molecule has 2 N–H and O–H groups in total. The number of amides is 1. The zero-order valence-electron chi connectivity index (χ0n) is 10.9. The summed E-state index contributed by atoms with van der Waals surface area (Å²) in [6.45, 7) is 8.51. The number of nitrogens with one attached hydrogen (secondary N) is 2. The van der Waals surface area contributed by atoms with Gasteiger partial charge in [0.1, 0.15) is 0 Å². The molecule has 0 fully saturated rings. The van der Waals surface area contributed by atoms with Crippen LogP contribution < -0.4 is 10.6 Å². The maximum atomic E-state index is 11.6. The lowest BCUT2D eigenvalue weighted by atomic mass is 10.2. The van der Waals surface area contributed by atoms with Crippen LogP contribution in [0.25, 0.3) is 0 Å². The monoisotopic (exact) mass is 255 g/mol. The second-order valence-electron chi connectivity index (χ2n) is 4.35. The van der Waals surface area contributed by atoms with Gasteiger partial charge < -0.3 is 10.6 Å². The molecule has 0 aliphatic rings. The molecule has 1 aromatic heterocycles. The Kier molecular flexibility index (Phi) is 5.58. The average molecular weight is 255 g/mol. The highest BCUT2D eigenvalue weighted by Gasteiger charge is 2.13. The van der Waals surface area contributed by atoms with Gasteiger partial charge in [-0.05, 0) is 27.2 Å². The van der Waals surface area contributed by atoms with Gasteiger partial charge in [0, 0.05) is 18.0 Å². The lowest BCUT2D eigenvalue weighted by Crippen LogP contribution is -2.44. The Morgan fingerprint density at radius 1 is 1.47 bits per heavy atom. The Bertz CT molecular complexity index is 362. The van der Waals surface area contributed by atoms with E-state index in [1.54, 1.807) is 11.3 Å². The summed E-state index contributed by atoms with van der Waals surface area (Å²) in [6, 6.07) is -0.0121. The van der Waals surface area contributed by atoms with Crippen molar-refractivity contribution in [1.29, 1.82) is 0 Å². The third-order valence-electron chi connectivity index (χ3n) is 2.32. The molecule has 1 amide bonds. The molecule has 17 heavy (non-hydrogen) atoms. The molecule has 0 aliphatic heterocycles. The Labute approximate surface area is 107 Å². The lowest BCUT2D eigenvalue weighted by molar-refractivity contribution is -0.123. The zero-order valence-corrected chi connectivity index (χ0v) is 11.7. The number of thiazole rings is 1. The third-order valence-corrected chi connectivity index (χ3v) is 3.36. The van der Waals surface area contributed by atoms with Gasteiger partial charge in [-0.3, -0.25) is 4.79 Å². The van der Waals surface area contributed by atoms with Crippen molar-refractivity contribution in [3.8, 4) is 0 Å². The van der Waals surface area contributed by atoms with Gasteiger partial charge >= 0.3 is 0 Å². The van der Waals surface area contributed by atoms with E-state index in [4.69, 9.17) is 0 Å². The van der Waals surface area contributed by atoms with E-state index in [0.717, 1.165) is 17.1 Å². The van der Waals surface area contributed by atoms with Crippen LogP contribution in [0.4, 0.5) is 0 Å². The number of aromatic nitrogens is 1. The van der Waals surface area contributed by atoms with E-state index in [1.165, 1.54) is 0 Å². The maximum absolute atomic E-state index is 11.6. The Balaban J connectivity index is 2.37. The molecule has 0 spiro atoms. The summed E-state index contributed by atoms with van der Waals surface area (Å²) >= 11 is 1.67. The molecule has 0 saturated heterocycles. The quantitative estimate of drug-likeness (QED) is 0.813. The molecular weight excluding hydrogens is 234 g/mol. The van der Waals surface area contributed by atoms with Crippen LogP contribution in [0.3, 0.4) is 0 Å². The first-order valence-corrected chi connectivity index (χ1v) is 6.88. The number of rotatable bonds is 6. The zero-order chi connectivity index (χ0) is 12.8. The summed E-state index contributed by atoms with van der Waals surface area (Å²) in [5.41, 5.74) is 1.01. The predicted octanol–water partition coefficient (Wildman–Crippen LogP) is 1.71. The molecular formula is C12H21N3OS. The molecule has 0 radical (unpaired) electrons. The number of carbonyl (C=O) groups is 1. The van der Waals surface area contributed by atoms with Gasteiger partial charge in [-0.15, -0.1) is 11.3 Å². The van der Waals surface area contributed by atoms with Crippen molar-refractivity contribution >= 4 is 17.2 Å². The van der Waals surface area contributed by atoms with Crippen LogP contribution in [0.2, 0.25) is 0 Å². The molecule has 0 aliphatic carbocycles. The summed E-state index contributed by atoms with van der Waals surface area (Å²) in [5, 5.41) is 9.23. The van der Waals surface area contributed by atoms with Crippen LogP contribution in [0.15, 0.2) is 5.38 Å². The molecule has 0 aromatic carbocycles. The molecule has 1 unspecified atom stereocenters. The molecule has 0 bridgehead atoms. The van der Waals surface area contributed by atoms with Crippen molar-refractivity contribution < 1.29 is 4.79 Å². The van der Waals surface area contributed by atoms with Crippen LogP contribution in [0, 0.1) is 0 Å². The normalized spacial score (nSPS) is 12.8. The SMILES string of the molecule is CCc1nc(CNC(C)C(=O)NC(C)C)cs1. The number of hydrogen-bond acceptors (Lipinski definition) is 4. The molecule has 1 atom stereocenters. The van der Waals surface area contributed by atoms with Gasteiger partial charge in [-0.25, -0.2) is 4.98 Å². The minimum Gasteiger partial charge on any atom is -0.353 e. The minimum atomic E-state index is -0.191. The molecule has 0 saturated carbocycles. The molecule has 1 heterocycles. The number of hydrogen-bond donors (Lipinski definition) is 2. The van der Waals surface area contributed by atoms with Crippen molar-refractivity contribution in [3.05, 3.63) is 16.1 Å². The van der Waals surface area contributed by atoms with Crippen molar-refractivity contribution in [2.45, 2.75) is 52.7 Å². The summed E-state index contributed by atoms with van der Waals surface area (Å²) in [4.78, 5) is 16.1. The Hall–Kier alpha value is -0.940. The van der Waals surface area contributed by atoms with Gasteiger partial charge in [-0.2, -0.15) is 0 Å². The highest BCUT2D eigenvalue weighted by Crippen LogP contribution is 2.09. The summed E-state index contributed by atoms with van der Waals surface area (Å²) in [5.74, 6) is 0.0333. The summed E-state index contributed by atoms with van der Waals surface area (Å²) in [6.07, 6.45) is 0.966. The fourth-order valence-corrected chi connectivity index (χ4v) is 2.10. The van der Waals surface area contributed by atoms with Gasteiger partial charge in [0.05, 0.1) is 16.7 Å². The van der Waals surface area contributed by atoms with Crippen LogP contribution in [0.1, 0.15) is 38.4 Å². The van der Waals surface area contributed by atoms with Gasteiger partial charge in [0.25, 0.3) is 0 Å². The van der Waals surface area contributed by atoms with Crippen molar-refractivity contribution in [2.75, 3.05) is 0 Å². The highest BCUT2D eigenvalue weighted by atomic mass is 32.1. The maximum Gasteiger partial charge on any atom is 0.237 e.